The molecule has 3 rings (SSSR count). The number of aliphatic hydroxyl groups is 1. The van der Waals surface area contributed by atoms with E-state index < -0.39 is 11.9 Å². The van der Waals surface area contributed by atoms with E-state index in [-0.39, 0.29) is 24.5 Å². The van der Waals surface area contributed by atoms with Gasteiger partial charge in [0.25, 0.3) is 0 Å². The minimum Gasteiger partial charge on any atom is -0.462 e. The van der Waals surface area contributed by atoms with Crippen LogP contribution in [0.2, 0.25) is 0 Å². The molecule has 25 heavy (non-hydrogen) atoms. The minimum atomic E-state index is -0.857. The van der Waals surface area contributed by atoms with Crippen LogP contribution in [0.4, 0.5) is 14.5 Å². The van der Waals surface area contributed by atoms with Gasteiger partial charge in [-0.1, -0.05) is 24.3 Å². The summed E-state index contributed by atoms with van der Waals surface area (Å²) in [5.41, 5.74) is 7.30. The number of halogens is 2. The Morgan fingerprint density at radius 3 is 2.48 bits per heavy atom. The predicted octanol–water partition coefficient (Wildman–Crippen LogP) is 3.71. The highest BCUT2D eigenvalue weighted by Crippen LogP contribution is 2.30. The predicted molar refractivity (Wildman–Crippen MR) is 90.8 cm³/mol. The molecule has 130 valence electrons. The van der Waals surface area contributed by atoms with Gasteiger partial charge >= 0.3 is 0 Å². The molecule has 0 aliphatic heterocycles. The standard InChI is InChI=1S/C19H18F2N2O2/c20-14-5-2-1-4-12(14)10-23-16-7-3-6-15(21)18(16)19(22)17-9-8-13(11-24)25-17/h1-9,19,23-24H,10-11,22H2. The SMILES string of the molecule is NC(c1ccc(CO)o1)c1c(F)cccc1NCc1ccccc1F. The van der Waals surface area contributed by atoms with Crippen molar-refractivity contribution in [1.82, 2.24) is 0 Å². The molecule has 4 N–H and O–H groups in total. The van der Waals surface area contributed by atoms with Crippen LogP contribution in [0.15, 0.2) is 59.0 Å². The summed E-state index contributed by atoms with van der Waals surface area (Å²) in [6.45, 7) is -0.0712. The van der Waals surface area contributed by atoms with Gasteiger partial charge in [0.1, 0.15) is 29.8 Å². The lowest BCUT2D eigenvalue weighted by atomic mass is 10.0. The van der Waals surface area contributed by atoms with Crippen LogP contribution in [0, 0.1) is 11.6 Å². The van der Waals surface area contributed by atoms with Gasteiger partial charge < -0.3 is 20.6 Å². The number of nitrogens with one attached hydrogen (secondary N) is 1. The Hall–Kier alpha value is -2.70. The molecule has 1 aromatic heterocycles. The van der Waals surface area contributed by atoms with Gasteiger partial charge in [-0.15, -0.1) is 0 Å². The third-order valence-corrected chi connectivity index (χ3v) is 3.94. The molecular formula is C19H18F2N2O2. The van der Waals surface area contributed by atoms with Crippen LogP contribution in [-0.4, -0.2) is 5.11 Å². The lowest BCUT2D eigenvalue weighted by molar-refractivity contribution is 0.242. The van der Waals surface area contributed by atoms with Crippen LogP contribution in [0.5, 0.6) is 0 Å². The van der Waals surface area contributed by atoms with Gasteiger partial charge in [0.2, 0.25) is 0 Å². The first kappa shape index (κ1) is 17.1. The van der Waals surface area contributed by atoms with Crippen LogP contribution >= 0.6 is 0 Å². The zero-order valence-corrected chi connectivity index (χ0v) is 13.4. The number of hydrogen-bond donors (Lipinski definition) is 3. The number of anilines is 1. The topological polar surface area (TPSA) is 71.4 Å². The van der Waals surface area contributed by atoms with Crippen LogP contribution in [0.3, 0.4) is 0 Å². The maximum Gasteiger partial charge on any atom is 0.130 e. The quantitative estimate of drug-likeness (QED) is 0.637. The number of furan rings is 1. The van der Waals surface area contributed by atoms with E-state index in [2.05, 4.69) is 5.32 Å². The largest absolute Gasteiger partial charge is 0.462 e. The molecule has 3 aromatic rings. The summed E-state index contributed by atoms with van der Waals surface area (Å²) in [4.78, 5) is 0. The Labute approximate surface area is 143 Å². The molecular weight excluding hydrogens is 326 g/mol. The zero-order valence-electron chi connectivity index (χ0n) is 13.4. The molecule has 0 fully saturated rings. The number of hydrogen-bond acceptors (Lipinski definition) is 4. The fraction of sp³-hybridized carbons (Fsp3) is 0.158. The van der Waals surface area contributed by atoms with E-state index in [1.165, 1.54) is 12.1 Å². The van der Waals surface area contributed by atoms with E-state index in [1.807, 2.05) is 0 Å². The van der Waals surface area contributed by atoms with Gasteiger partial charge in [0.05, 0.1) is 6.04 Å². The maximum atomic E-state index is 14.4. The fourth-order valence-electron chi connectivity index (χ4n) is 2.63. The molecule has 2 aromatic carbocycles. The summed E-state index contributed by atoms with van der Waals surface area (Å²) in [5, 5.41) is 12.1. The van der Waals surface area contributed by atoms with Crippen molar-refractivity contribution < 1.29 is 18.3 Å². The number of nitrogens with two attached hydrogens (primary N) is 1. The molecule has 0 bridgehead atoms. The molecule has 0 saturated heterocycles. The van der Waals surface area contributed by atoms with E-state index in [0.29, 0.717) is 22.8 Å². The van der Waals surface area contributed by atoms with Gasteiger partial charge in [0, 0.05) is 23.4 Å². The van der Waals surface area contributed by atoms with E-state index in [4.69, 9.17) is 15.3 Å². The van der Waals surface area contributed by atoms with Gasteiger partial charge in [-0.3, -0.25) is 0 Å². The Balaban J connectivity index is 1.88. The first-order valence-electron chi connectivity index (χ1n) is 7.81. The average Bonchev–Trinajstić information content (AvgIpc) is 3.10. The highest BCUT2D eigenvalue weighted by molar-refractivity contribution is 5.55. The average molecular weight is 344 g/mol. The van der Waals surface area contributed by atoms with Crippen LogP contribution in [0.1, 0.15) is 28.7 Å². The van der Waals surface area contributed by atoms with Crippen molar-refractivity contribution >= 4 is 5.69 Å². The molecule has 0 aliphatic rings. The van der Waals surface area contributed by atoms with E-state index in [9.17, 15) is 8.78 Å². The monoisotopic (exact) mass is 344 g/mol. The maximum absolute atomic E-state index is 14.4. The lowest BCUT2D eigenvalue weighted by Crippen LogP contribution is -2.16. The van der Waals surface area contributed by atoms with Crippen LogP contribution in [-0.2, 0) is 13.2 Å². The molecule has 0 aliphatic carbocycles. The molecule has 1 heterocycles. The Kier molecular flexibility index (Phi) is 5.11. The van der Waals surface area contributed by atoms with E-state index in [1.54, 1.807) is 42.5 Å². The fourth-order valence-corrected chi connectivity index (χ4v) is 2.63. The van der Waals surface area contributed by atoms with Crippen LogP contribution in [0.25, 0.3) is 0 Å². The minimum absolute atomic E-state index is 0.190. The van der Waals surface area contributed by atoms with Crippen LogP contribution < -0.4 is 11.1 Å². The third-order valence-electron chi connectivity index (χ3n) is 3.94. The van der Waals surface area contributed by atoms with Gasteiger partial charge in [-0.25, -0.2) is 8.78 Å². The Morgan fingerprint density at radius 2 is 1.76 bits per heavy atom. The van der Waals surface area contributed by atoms with Gasteiger partial charge in [0.15, 0.2) is 0 Å². The second-order valence-corrected chi connectivity index (χ2v) is 5.59. The molecule has 0 amide bonds. The summed E-state index contributed by atoms with van der Waals surface area (Å²) < 4.78 is 33.6. The smallest absolute Gasteiger partial charge is 0.130 e. The van der Waals surface area contributed by atoms with Gasteiger partial charge in [-0.2, -0.15) is 0 Å². The summed E-state index contributed by atoms with van der Waals surface area (Å²) in [7, 11) is 0. The zero-order chi connectivity index (χ0) is 17.8. The molecule has 0 saturated carbocycles. The number of aliphatic hydroxyl groups excluding tert-OH is 1. The van der Waals surface area contributed by atoms with Crippen molar-refractivity contribution in [3.8, 4) is 0 Å². The van der Waals surface area contributed by atoms with E-state index >= 15 is 0 Å². The van der Waals surface area contributed by atoms with E-state index in [0.717, 1.165) is 0 Å². The highest BCUT2D eigenvalue weighted by atomic mass is 19.1. The molecule has 1 unspecified atom stereocenters. The highest BCUT2D eigenvalue weighted by Gasteiger charge is 2.21. The van der Waals surface area contributed by atoms with Gasteiger partial charge in [-0.05, 0) is 30.3 Å². The molecule has 4 nitrogen and oxygen atoms in total. The normalized spacial score (nSPS) is 12.2. The Morgan fingerprint density at radius 1 is 1.00 bits per heavy atom. The lowest BCUT2D eigenvalue weighted by Gasteiger charge is -2.17. The van der Waals surface area contributed by atoms with Crippen molar-refractivity contribution in [2.24, 2.45) is 5.73 Å². The van der Waals surface area contributed by atoms with Crippen molar-refractivity contribution in [2.75, 3.05) is 5.32 Å². The Bertz CT molecular complexity index is 864. The van der Waals surface area contributed by atoms with Crippen molar-refractivity contribution in [3.05, 3.63) is 88.9 Å². The first-order valence-corrected chi connectivity index (χ1v) is 7.81. The second-order valence-electron chi connectivity index (χ2n) is 5.59. The molecule has 0 spiro atoms. The van der Waals surface area contributed by atoms with Crippen molar-refractivity contribution in [1.29, 1.82) is 0 Å². The third kappa shape index (κ3) is 3.70. The summed E-state index contributed by atoms with van der Waals surface area (Å²) in [6.07, 6.45) is 0. The number of benzene rings is 2. The van der Waals surface area contributed by atoms with Crippen molar-refractivity contribution in [2.45, 2.75) is 19.2 Å². The molecule has 6 heteroatoms. The second kappa shape index (κ2) is 7.46. The first-order chi connectivity index (χ1) is 12.1. The molecule has 1 atom stereocenters. The summed E-state index contributed by atoms with van der Waals surface area (Å²) in [5.74, 6) is -0.144. The number of rotatable bonds is 6. The van der Waals surface area contributed by atoms with Crippen molar-refractivity contribution in [3.63, 3.8) is 0 Å². The molecule has 0 radical (unpaired) electrons. The summed E-state index contributed by atoms with van der Waals surface area (Å²) >= 11 is 0. The summed E-state index contributed by atoms with van der Waals surface area (Å²) in [6, 6.07) is 13.2.